The largest absolute Gasteiger partial charge is 0.467 e. The maximum absolute atomic E-state index is 12.0. The third kappa shape index (κ3) is 5.36. The molecule has 1 heterocycles. The molecule has 0 aliphatic carbocycles. The van der Waals surface area contributed by atoms with Crippen molar-refractivity contribution in [1.82, 2.24) is 10.2 Å². The van der Waals surface area contributed by atoms with Gasteiger partial charge in [-0.25, -0.2) is 0 Å². The van der Waals surface area contributed by atoms with E-state index in [2.05, 4.69) is 19.2 Å². The molecular formula is C14H24N2O2. The van der Waals surface area contributed by atoms with Crippen molar-refractivity contribution in [2.24, 2.45) is 0 Å². The molecule has 0 fully saturated rings. The minimum atomic E-state index is 0.194. The van der Waals surface area contributed by atoms with Gasteiger partial charge in [-0.1, -0.05) is 13.8 Å². The van der Waals surface area contributed by atoms with Gasteiger partial charge < -0.3 is 14.6 Å². The normalized spacial score (nSPS) is 10.9. The molecule has 0 radical (unpaired) electrons. The molecule has 0 saturated carbocycles. The quantitative estimate of drug-likeness (QED) is 0.723. The highest BCUT2D eigenvalue weighted by Gasteiger charge is 2.12. The Morgan fingerprint density at radius 2 is 2.28 bits per heavy atom. The summed E-state index contributed by atoms with van der Waals surface area (Å²) < 4.78 is 5.27. The Hall–Kier alpha value is -1.29. The van der Waals surface area contributed by atoms with Gasteiger partial charge in [-0.2, -0.15) is 0 Å². The lowest BCUT2D eigenvalue weighted by molar-refractivity contribution is -0.131. The van der Waals surface area contributed by atoms with E-state index in [9.17, 15) is 4.79 Å². The molecule has 1 aromatic heterocycles. The van der Waals surface area contributed by atoms with Crippen molar-refractivity contribution < 1.29 is 9.21 Å². The molecule has 4 nitrogen and oxygen atoms in total. The number of hydrogen-bond donors (Lipinski definition) is 1. The zero-order chi connectivity index (χ0) is 13.4. The molecule has 0 atom stereocenters. The second-order valence-electron chi connectivity index (χ2n) is 4.70. The second-order valence-corrected chi connectivity index (χ2v) is 4.70. The molecule has 0 saturated heterocycles. The first-order valence-corrected chi connectivity index (χ1v) is 6.67. The SMILES string of the molecule is CCN(Cc1ccco1)C(=O)CCCNC(C)C. The van der Waals surface area contributed by atoms with Gasteiger partial charge in [-0.15, -0.1) is 0 Å². The first-order chi connectivity index (χ1) is 8.63. The van der Waals surface area contributed by atoms with Crippen molar-refractivity contribution in [1.29, 1.82) is 0 Å². The molecule has 4 heteroatoms. The number of carbonyl (C=O) groups excluding carboxylic acids is 1. The van der Waals surface area contributed by atoms with Crippen molar-refractivity contribution in [3.8, 4) is 0 Å². The van der Waals surface area contributed by atoms with Crippen LogP contribution in [0.25, 0.3) is 0 Å². The van der Waals surface area contributed by atoms with Gasteiger partial charge in [-0.05, 0) is 32.0 Å². The van der Waals surface area contributed by atoms with E-state index >= 15 is 0 Å². The Morgan fingerprint density at radius 1 is 1.50 bits per heavy atom. The van der Waals surface area contributed by atoms with Gasteiger partial charge in [0.05, 0.1) is 12.8 Å². The molecule has 1 amide bonds. The van der Waals surface area contributed by atoms with Crippen LogP contribution in [0.1, 0.15) is 39.4 Å². The summed E-state index contributed by atoms with van der Waals surface area (Å²) in [5.74, 6) is 1.03. The van der Waals surface area contributed by atoms with E-state index in [-0.39, 0.29) is 5.91 Å². The lowest BCUT2D eigenvalue weighted by atomic mass is 10.2. The molecule has 1 rings (SSSR count). The summed E-state index contributed by atoms with van der Waals surface area (Å²) in [4.78, 5) is 13.8. The topological polar surface area (TPSA) is 45.5 Å². The lowest BCUT2D eigenvalue weighted by Gasteiger charge is -2.19. The van der Waals surface area contributed by atoms with Crippen LogP contribution in [-0.4, -0.2) is 29.9 Å². The average molecular weight is 252 g/mol. The molecule has 0 aromatic carbocycles. The fourth-order valence-corrected chi connectivity index (χ4v) is 1.76. The van der Waals surface area contributed by atoms with Crippen LogP contribution in [0.4, 0.5) is 0 Å². The van der Waals surface area contributed by atoms with E-state index in [1.807, 2.05) is 24.0 Å². The van der Waals surface area contributed by atoms with Gasteiger partial charge in [-0.3, -0.25) is 4.79 Å². The Morgan fingerprint density at radius 3 is 2.83 bits per heavy atom. The Kier molecular flexibility index (Phi) is 6.50. The molecule has 0 aliphatic rings. The molecule has 18 heavy (non-hydrogen) atoms. The summed E-state index contributed by atoms with van der Waals surface area (Å²) in [5, 5.41) is 3.31. The predicted octanol–water partition coefficient (Wildman–Crippen LogP) is 2.41. The van der Waals surface area contributed by atoms with E-state index in [0.717, 1.165) is 25.3 Å². The molecule has 0 aliphatic heterocycles. The van der Waals surface area contributed by atoms with Gasteiger partial charge >= 0.3 is 0 Å². The van der Waals surface area contributed by atoms with Crippen LogP contribution in [-0.2, 0) is 11.3 Å². The van der Waals surface area contributed by atoms with Crippen LogP contribution >= 0.6 is 0 Å². The predicted molar refractivity (Wildman–Crippen MR) is 72.2 cm³/mol. The Balaban J connectivity index is 2.29. The number of carbonyl (C=O) groups is 1. The summed E-state index contributed by atoms with van der Waals surface area (Å²) in [7, 11) is 0. The third-order valence-electron chi connectivity index (χ3n) is 2.78. The zero-order valence-corrected chi connectivity index (χ0v) is 11.6. The van der Waals surface area contributed by atoms with Gasteiger partial charge in [0.15, 0.2) is 0 Å². The van der Waals surface area contributed by atoms with Crippen molar-refractivity contribution in [3.63, 3.8) is 0 Å². The Labute approximate surface area is 109 Å². The number of amides is 1. The number of nitrogens with one attached hydrogen (secondary N) is 1. The second kappa shape index (κ2) is 7.93. The highest BCUT2D eigenvalue weighted by Crippen LogP contribution is 2.07. The molecule has 0 spiro atoms. The van der Waals surface area contributed by atoms with Gasteiger partial charge in [0.2, 0.25) is 5.91 Å². The number of nitrogens with zero attached hydrogens (tertiary/aromatic N) is 1. The molecule has 0 bridgehead atoms. The highest BCUT2D eigenvalue weighted by atomic mass is 16.3. The van der Waals surface area contributed by atoms with Gasteiger partial charge in [0, 0.05) is 19.0 Å². The van der Waals surface area contributed by atoms with Crippen molar-refractivity contribution in [2.75, 3.05) is 13.1 Å². The lowest BCUT2D eigenvalue weighted by Crippen LogP contribution is -2.31. The van der Waals surface area contributed by atoms with Crippen LogP contribution in [0.3, 0.4) is 0 Å². The van der Waals surface area contributed by atoms with E-state index in [1.165, 1.54) is 0 Å². The van der Waals surface area contributed by atoms with Crippen molar-refractivity contribution in [3.05, 3.63) is 24.2 Å². The molecule has 0 unspecified atom stereocenters. The number of furan rings is 1. The standard InChI is InChI=1S/C14H24N2O2/c1-4-16(11-13-7-6-10-18-13)14(17)8-5-9-15-12(2)3/h6-7,10,12,15H,4-5,8-9,11H2,1-3H3. The minimum Gasteiger partial charge on any atom is -0.467 e. The van der Waals surface area contributed by atoms with Crippen LogP contribution in [0, 0.1) is 0 Å². The molecule has 102 valence electrons. The average Bonchev–Trinajstić information content (AvgIpc) is 2.84. The van der Waals surface area contributed by atoms with E-state index in [4.69, 9.17) is 4.42 Å². The summed E-state index contributed by atoms with van der Waals surface area (Å²) in [6.07, 6.45) is 3.11. The first kappa shape index (κ1) is 14.8. The summed E-state index contributed by atoms with van der Waals surface area (Å²) in [6.45, 7) is 8.39. The van der Waals surface area contributed by atoms with Crippen molar-refractivity contribution >= 4 is 5.91 Å². The van der Waals surface area contributed by atoms with Crippen molar-refractivity contribution in [2.45, 2.75) is 46.2 Å². The maximum Gasteiger partial charge on any atom is 0.223 e. The number of rotatable bonds is 8. The van der Waals surface area contributed by atoms with E-state index in [0.29, 0.717) is 19.0 Å². The highest BCUT2D eigenvalue weighted by molar-refractivity contribution is 5.76. The molecular weight excluding hydrogens is 228 g/mol. The fourth-order valence-electron chi connectivity index (χ4n) is 1.76. The van der Waals surface area contributed by atoms with E-state index in [1.54, 1.807) is 6.26 Å². The third-order valence-corrected chi connectivity index (χ3v) is 2.78. The Bertz CT molecular complexity index is 334. The van der Waals surface area contributed by atoms with Crippen LogP contribution < -0.4 is 5.32 Å². The zero-order valence-electron chi connectivity index (χ0n) is 11.6. The number of hydrogen-bond acceptors (Lipinski definition) is 3. The summed E-state index contributed by atoms with van der Waals surface area (Å²) >= 11 is 0. The first-order valence-electron chi connectivity index (χ1n) is 6.67. The van der Waals surface area contributed by atoms with Crippen LogP contribution in [0.2, 0.25) is 0 Å². The summed E-state index contributed by atoms with van der Waals surface area (Å²) in [5.41, 5.74) is 0. The fraction of sp³-hybridized carbons (Fsp3) is 0.643. The van der Waals surface area contributed by atoms with Gasteiger partial charge in [0.1, 0.15) is 5.76 Å². The maximum atomic E-state index is 12.0. The molecule has 1 N–H and O–H groups in total. The smallest absolute Gasteiger partial charge is 0.223 e. The van der Waals surface area contributed by atoms with Crippen LogP contribution in [0.15, 0.2) is 22.8 Å². The van der Waals surface area contributed by atoms with Crippen LogP contribution in [0.5, 0.6) is 0 Å². The minimum absolute atomic E-state index is 0.194. The van der Waals surface area contributed by atoms with Gasteiger partial charge in [0.25, 0.3) is 0 Å². The summed E-state index contributed by atoms with van der Waals surface area (Å²) in [6, 6.07) is 4.22. The monoisotopic (exact) mass is 252 g/mol. The molecule has 1 aromatic rings. The van der Waals surface area contributed by atoms with E-state index < -0.39 is 0 Å².